The summed E-state index contributed by atoms with van der Waals surface area (Å²) in [4.78, 5) is 31.7. The van der Waals surface area contributed by atoms with E-state index in [4.69, 9.17) is 0 Å². The van der Waals surface area contributed by atoms with Gasteiger partial charge in [-0.3, -0.25) is 14.9 Å². The molecule has 118 valence electrons. The number of amides is 3. The van der Waals surface area contributed by atoms with Crippen molar-refractivity contribution in [3.63, 3.8) is 0 Å². The normalized spacial score (nSPS) is 19.8. The van der Waals surface area contributed by atoms with Crippen LogP contribution in [0.3, 0.4) is 0 Å². The van der Waals surface area contributed by atoms with Crippen LogP contribution < -0.4 is 9.80 Å². The number of quaternary nitrogens is 1. The summed E-state index contributed by atoms with van der Waals surface area (Å²) in [7, 11) is 0. The highest BCUT2D eigenvalue weighted by molar-refractivity contribution is 6.01. The van der Waals surface area contributed by atoms with Crippen LogP contribution in [0.4, 0.5) is 10.5 Å². The highest BCUT2D eigenvalue weighted by atomic mass is 16.4. The molecule has 2 heterocycles. The lowest BCUT2D eigenvalue weighted by atomic mass is 10.1. The van der Waals surface area contributed by atoms with Crippen LogP contribution in [-0.2, 0) is 9.59 Å². The summed E-state index contributed by atoms with van der Waals surface area (Å²) in [6.45, 7) is 1.44. The second kappa shape index (κ2) is 7.17. The number of piperidine rings is 1. The molecule has 2 aliphatic rings. The predicted molar refractivity (Wildman–Crippen MR) is 82.2 cm³/mol. The Morgan fingerprint density at radius 1 is 0.955 bits per heavy atom. The van der Waals surface area contributed by atoms with E-state index in [1.54, 1.807) is 0 Å². The van der Waals surface area contributed by atoms with Crippen LogP contribution in [0.25, 0.3) is 0 Å². The van der Waals surface area contributed by atoms with Crippen molar-refractivity contribution in [1.29, 1.82) is 0 Å². The number of imide groups is 1. The number of benzene rings is 1. The largest absolute Gasteiger partial charge is 0.518 e. The Hall–Kier alpha value is -2.21. The van der Waals surface area contributed by atoms with E-state index in [-0.39, 0.29) is 16.3 Å². The highest BCUT2D eigenvalue weighted by Crippen LogP contribution is 2.28. The van der Waals surface area contributed by atoms with E-state index in [0.717, 1.165) is 38.0 Å². The fourth-order valence-corrected chi connectivity index (χ4v) is 2.83. The van der Waals surface area contributed by atoms with E-state index in [1.807, 2.05) is 30.3 Å². The van der Waals surface area contributed by atoms with E-state index in [9.17, 15) is 19.5 Å². The van der Waals surface area contributed by atoms with Gasteiger partial charge in [0.05, 0.1) is 13.1 Å². The van der Waals surface area contributed by atoms with Gasteiger partial charge in [-0.2, -0.15) is 9.28 Å². The number of carbonyl (C=O) groups excluding carboxylic acids is 2. The summed E-state index contributed by atoms with van der Waals surface area (Å²) in [5, 5.41) is 11.6. The maximum Gasteiger partial charge on any atom is 0.518 e. The molecule has 0 saturated carbocycles. The molecular weight excluding hydrogens is 284 g/mol. The van der Waals surface area contributed by atoms with Gasteiger partial charge in [0.2, 0.25) is 11.8 Å². The molecule has 1 aromatic carbocycles. The molecule has 3 rings (SSSR count). The number of hydrogen-bond acceptors (Lipinski definition) is 3. The first-order valence-corrected chi connectivity index (χ1v) is 7.53. The molecule has 0 radical (unpaired) electrons. The smallest absolute Gasteiger partial charge is 0.435 e. The minimum atomic E-state index is -0.721. The molecule has 6 heteroatoms. The van der Waals surface area contributed by atoms with Gasteiger partial charge in [0.15, 0.2) is 0 Å². The van der Waals surface area contributed by atoms with Crippen molar-refractivity contribution in [2.45, 2.75) is 32.1 Å². The summed E-state index contributed by atoms with van der Waals surface area (Å²) in [5.41, 5.74) is 0.907. The number of carbonyl (C=O) groups is 3. The molecule has 2 aliphatic heterocycles. The molecule has 0 spiro atoms. The third-order valence-corrected chi connectivity index (χ3v) is 4.05. The van der Waals surface area contributed by atoms with Gasteiger partial charge in [-0.1, -0.05) is 18.2 Å². The molecule has 0 aliphatic carbocycles. The van der Waals surface area contributed by atoms with Crippen molar-refractivity contribution in [1.82, 2.24) is 9.80 Å². The van der Waals surface area contributed by atoms with Gasteiger partial charge in [-0.05, 0) is 31.4 Å². The minimum absolute atomic E-state index is 0.112. The van der Waals surface area contributed by atoms with E-state index in [0.29, 0.717) is 12.8 Å². The second-order valence-corrected chi connectivity index (χ2v) is 5.57. The molecule has 0 unspecified atom stereocenters. The fraction of sp³-hybridized carbons (Fsp3) is 0.438. The molecule has 3 amide bonds. The summed E-state index contributed by atoms with van der Waals surface area (Å²) >= 11 is 0. The molecular formula is C16H21N2O4+. The van der Waals surface area contributed by atoms with Crippen molar-refractivity contribution in [3.05, 3.63) is 30.3 Å². The molecule has 2 N–H and O–H groups in total. The van der Waals surface area contributed by atoms with Gasteiger partial charge in [-0.25, -0.2) is 0 Å². The Morgan fingerprint density at radius 2 is 1.50 bits per heavy atom. The van der Waals surface area contributed by atoms with Crippen molar-refractivity contribution < 1.29 is 19.5 Å². The topological polar surface area (TPSA) is 83.5 Å². The van der Waals surface area contributed by atoms with Gasteiger partial charge in [-0.15, -0.1) is 0 Å². The standard InChI is InChI=1S/C12H15NO2.C4H5NO2/c14-12(15)13(9-5-2-6-10-13)11-7-3-1-4-8-11;6-3-1-2-4(7)5-3/h1,3-4,7-8H,2,5-6,9-10H2;1-2H2,(H,5,6,7)/p+1. The van der Waals surface area contributed by atoms with Crippen LogP contribution in [0.1, 0.15) is 32.1 Å². The van der Waals surface area contributed by atoms with Gasteiger partial charge < -0.3 is 5.11 Å². The number of likely N-dealkylation sites (tertiary alicyclic amines) is 1. The zero-order chi connectivity index (χ0) is 16.0. The van der Waals surface area contributed by atoms with Crippen LogP contribution in [0.2, 0.25) is 0 Å². The summed E-state index contributed by atoms with van der Waals surface area (Å²) in [5.74, 6) is -0.296. The van der Waals surface area contributed by atoms with Crippen LogP contribution in [0.5, 0.6) is 0 Å². The van der Waals surface area contributed by atoms with Crippen molar-refractivity contribution in [3.8, 4) is 0 Å². The molecule has 2 saturated heterocycles. The summed E-state index contributed by atoms with van der Waals surface area (Å²) in [6.07, 6.45) is 3.18. The van der Waals surface area contributed by atoms with E-state index >= 15 is 0 Å². The van der Waals surface area contributed by atoms with Crippen LogP contribution >= 0.6 is 0 Å². The maximum atomic E-state index is 11.4. The maximum absolute atomic E-state index is 11.4. The minimum Gasteiger partial charge on any atom is -0.435 e. The zero-order valence-electron chi connectivity index (χ0n) is 12.5. The average molecular weight is 305 g/mol. The number of carboxylic acid groups (broad SMARTS) is 1. The van der Waals surface area contributed by atoms with E-state index in [2.05, 4.69) is 5.32 Å². The lowest BCUT2D eigenvalue weighted by Crippen LogP contribution is -2.56. The average Bonchev–Trinajstić information content (AvgIpc) is 2.92. The first kappa shape index (κ1) is 16.2. The van der Waals surface area contributed by atoms with Crippen LogP contribution in [-0.4, -0.2) is 36.1 Å². The number of para-hydroxylation sites is 1. The number of hydrogen-bond donors (Lipinski definition) is 2. The van der Waals surface area contributed by atoms with Gasteiger partial charge in [0.25, 0.3) is 0 Å². The Labute approximate surface area is 129 Å². The van der Waals surface area contributed by atoms with E-state index < -0.39 is 6.09 Å². The quantitative estimate of drug-likeness (QED) is 0.616. The fourth-order valence-electron chi connectivity index (χ4n) is 2.83. The first-order chi connectivity index (χ1) is 10.5. The number of rotatable bonds is 1. The number of nitrogens with one attached hydrogen (secondary N) is 1. The Kier molecular flexibility index (Phi) is 5.27. The summed E-state index contributed by atoms with van der Waals surface area (Å²) in [6, 6.07) is 9.57. The van der Waals surface area contributed by atoms with Gasteiger partial charge in [0.1, 0.15) is 5.69 Å². The van der Waals surface area contributed by atoms with Crippen LogP contribution in [0.15, 0.2) is 30.3 Å². The summed E-state index contributed by atoms with van der Waals surface area (Å²) < 4.78 is 0.112. The molecule has 2 fully saturated rings. The predicted octanol–water partition coefficient (Wildman–Crippen LogP) is 2.28. The third kappa shape index (κ3) is 3.71. The second-order valence-electron chi connectivity index (χ2n) is 5.57. The Balaban J connectivity index is 0.000000211. The molecule has 1 aromatic rings. The Morgan fingerprint density at radius 3 is 1.91 bits per heavy atom. The van der Waals surface area contributed by atoms with E-state index in [1.165, 1.54) is 0 Å². The van der Waals surface area contributed by atoms with Gasteiger partial charge >= 0.3 is 6.09 Å². The lowest BCUT2D eigenvalue weighted by molar-refractivity contribution is -0.124. The third-order valence-electron chi connectivity index (χ3n) is 4.05. The van der Waals surface area contributed by atoms with Gasteiger partial charge in [0, 0.05) is 12.8 Å². The molecule has 22 heavy (non-hydrogen) atoms. The lowest BCUT2D eigenvalue weighted by Gasteiger charge is -2.35. The SMILES string of the molecule is O=C(O)[N+]1(c2ccccc2)CCCCC1.O=C1CCC(=O)N1. The van der Waals surface area contributed by atoms with Crippen molar-refractivity contribution in [2.75, 3.05) is 13.1 Å². The van der Waals surface area contributed by atoms with Crippen molar-refractivity contribution in [2.24, 2.45) is 0 Å². The molecule has 0 aromatic heterocycles. The van der Waals surface area contributed by atoms with Crippen molar-refractivity contribution >= 4 is 23.6 Å². The Bertz CT molecular complexity index is 537. The molecule has 0 bridgehead atoms. The highest BCUT2D eigenvalue weighted by Gasteiger charge is 2.40. The number of nitrogens with zero attached hydrogens (tertiary/aromatic N) is 1. The first-order valence-electron chi connectivity index (χ1n) is 7.53. The molecule has 6 nitrogen and oxygen atoms in total. The monoisotopic (exact) mass is 305 g/mol. The zero-order valence-corrected chi connectivity index (χ0v) is 12.5. The van der Waals surface area contributed by atoms with Crippen LogP contribution in [0, 0.1) is 0 Å². The molecule has 0 atom stereocenters.